The van der Waals surface area contributed by atoms with E-state index in [9.17, 15) is 9.59 Å². The molecule has 1 aliphatic rings. The molecular formula is C13H15N3O2. The minimum absolute atomic E-state index is 0.148. The lowest BCUT2D eigenvalue weighted by Crippen LogP contribution is -2.36. The Bertz CT molecular complexity index is 509. The Labute approximate surface area is 105 Å². The lowest BCUT2D eigenvalue weighted by Gasteiger charge is -2.12. The molecule has 18 heavy (non-hydrogen) atoms. The third-order valence-corrected chi connectivity index (χ3v) is 2.70. The number of hydrazone groups is 1. The first kappa shape index (κ1) is 12.3. The van der Waals surface area contributed by atoms with Crippen LogP contribution in [0, 0.1) is 6.92 Å². The molecule has 1 heterocycles. The van der Waals surface area contributed by atoms with E-state index in [0.29, 0.717) is 25.1 Å². The van der Waals surface area contributed by atoms with Crippen molar-refractivity contribution < 1.29 is 9.59 Å². The molecular weight excluding hydrogens is 230 g/mol. The van der Waals surface area contributed by atoms with Crippen LogP contribution in [0.25, 0.3) is 0 Å². The maximum atomic E-state index is 11.8. The number of nitrogens with one attached hydrogen (secondary N) is 2. The summed E-state index contributed by atoms with van der Waals surface area (Å²) in [6.07, 6.45) is 0.710. The largest absolute Gasteiger partial charge is 0.347 e. The Morgan fingerprint density at radius 3 is 2.94 bits per heavy atom. The van der Waals surface area contributed by atoms with Gasteiger partial charge < -0.3 is 5.32 Å². The van der Waals surface area contributed by atoms with Gasteiger partial charge in [-0.1, -0.05) is 29.8 Å². The van der Waals surface area contributed by atoms with E-state index in [1.807, 2.05) is 31.2 Å². The van der Waals surface area contributed by atoms with Crippen molar-refractivity contribution in [2.45, 2.75) is 26.3 Å². The topological polar surface area (TPSA) is 70.6 Å². The molecule has 5 heteroatoms. The number of nitrogens with zero attached hydrogens (tertiary/aromatic N) is 1. The minimum atomic E-state index is -0.225. The van der Waals surface area contributed by atoms with Crippen LogP contribution in [0.15, 0.2) is 29.4 Å². The van der Waals surface area contributed by atoms with Gasteiger partial charge >= 0.3 is 0 Å². The second-order valence-corrected chi connectivity index (χ2v) is 4.27. The van der Waals surface area contributed by atoms with E-state index >= 15 is 0 Å². The van der Waals surface area contributed by atoms with E-state index in [4.69, 9.17) is 0 Å². The average Bonchev–Trinajstić information content (AvgIpc) is 2.37. The van der Waals surface area contributed by atoms with E-state index < -0.39 is 0 Å². The van der Waals surface area contributed by atoms with Crippen LogP contribution in [0.2, 0.25) is 0 Å². The highest BCUT2D eigenvalue weighted by Crippen LogP contribution is 2.04. The van der Waals surface area contributed by atoms with Crippen molar-refractivity contribution in [3.8, 4) is 0 Å². The molecule has 1 aliphatic heterocycles. The van der Waals surface area contributed by atoms with E-state index in [1.54, 1.807) is 0 Å². The van der Waals surface area contributed by atoms with Crippen molar-refractivity contribution in [1.29, 1.82) is 0 Å². The standard InChI is InChI=1S/C13H15N3O2/c1-9-3-2-4-10(7-9)8-14-13(18)11-5-6-12(17)16-15-11/h2-4,7H,5-6,8H2,1H3,(H,14,18)(H,16,17). The van der Waals surface area contributed by atoms with Crippen LogP contribution in [0.4, 0.5) is 0 Å². The molecule has 0 spiro atoms. The molecule has 5 nitrogen and oxygen atoms in total. The predicted octanol–water partition coefficient (Wildman–Crippen LogP) is 0.877. The van der Waals surface area contributed by atoms with Gasteiger partial charge in [-0.15, -0.1) is 0 Å². The van der Waals surface area contributed by atoms with Crippen LogP contribution in [-0.2, 0) is 16.1 Å². The van der Waals surface area contributed by atoms with E-state index in [1.165, 1.54) is 0 Å². The van der Waals surface area contributed by atoms with Gasteiger partial charge in [0.25, 0.3) is 5.91 Å². The third-order valence-electron chi connectivity index (χ3n) is 2.70. The zero-order valence-electron chi connectivity index (χ0n) is 10.2. The van der Waals surface area contributed by atoms with Gasteiger partial charge in [0.05, 0.1) is 0 Å². The van der Waals surface area contributed by atoms with E-state index in [0.717, 1.165) is 11.1 Å². The van der Waals surface area contributed by atoms with Gasteiger partial charge in [0.15, 0.2) is 0 Å². The number of hydrogen-bond acceptors (Lipinski definition) is 3. The number of carbonyl (C=O) groups excluding carboxylic acids is 2. The first-order valence-electron chi connectivity index (χ1n) is 5.84. The SMILES string of the molecule is Cc1cccc(CNC(=O)C2=NNC(=O)CC2)c1. The summed E-state index contributed by atoms with van der Waals surface area (Å²) >= 11 is 0. The van der Waals surface area contributed by atoms with Gasteiger partial charge in [0.1, 0.15) is 5.71 Å². The van der Waals surface area contributed by atoms with Gasteiger partial charge in [0, 0.05) is 19.4 Å². The molecule has 94 valence electrons. The van der Waals surface area contributed by atoms with Gasteiger partial charge in [0.2, 0.25) is 5.91 Å². The summed E-state index contributed by atoms with van der Waals surface area (Å²) in [5.74, 6) is -0.373. The predicted molar refractivity (Wildman–Crippen MR) is 67.8 cm³/mol. The number of hydrogen-bond donors (Lipinski definition) is 2. The molecule has 0 radical (unpaired) electrons. The Morgan fingerprint density at radius 2 is 2.28 bits per heavy atom. The molecule has 1 aromatic rings. The van der Waals surface area contributed by atoms with Gasteiger partial charge in [-0.05, 0) is 12.5 Å². The molecule has 2 N–H and O–H groups in total. The molecule has 0 saturated carbocycles. The fraction of sp³-hybridized carbons (Fsp3) is 0.308. The highest BCUT2D eigenvalue weighted by Gasteiger charge is 2.17. The van der Waals surface area contributed by atoms with Crippen molar-refractivity contribution in [3.05, 3.63) is 35.4 Å². The zero-order valence-corrected chi connectivity index (χ0v) is 10.2. The summed E-state index contributed by atoms with van der Waals surface area (Å²) < 4.78 is 0. The summed E-state index contributed by atoms with van der Waals surface area (Å²) in [5, 5.41) is 6.53. The van der Waals surface area contributed by atoms with Crippen molar-refractivity contribution in [2.75, 3.05) is 0 Å². The Hall–Kier alpha value is -2.17. The van der Waals surface area contributed by atoms with Crippen molar-refractivity contribution in [3.63, 3.8) is 0 Å². The monoisotopic (exact) mass is 245 g/mol. The van der Waals surface area contributed by atoms with Crippen LogP contribution in [-0.4, -0.2) is 17.5 Å². The van der Waals surface area contributed by atoms with Gasteiger partial charge in [-0.3, -0.25) is 9.59 Å². The molecule has 0 fully saturated rings. The molecule has 0 unspecified atom stereocenters. The lowest BCUT2D eigenvalue weighted by molar-refractivity contribution is -0.121. The van der Waals surface area contributed by atoms with Crippen molar-refractivity contribution in [2.24, 2.45) is 5.10 Å². The smallest absolute Gasteiger partial charge is 0.267 e. The Morgan fingerprint density at radius 1 is 1.44 bits per heavy atom. The second-order valence-electron chi connectivity index (χ2n) is 4.27. The van der Waals surface area contributed by atoms with Crippen molar-refractivity contribution >= 4 is 17.5 Å². The molecule has 0 aromatic heterocycles. The second kappa shape index (κ2) is 5.44. The zero-order chi connectivity index (χ0) is 13.0. The maximum Gasteiger partial charge on any atom is 0.267 e. The number of aryl methyl sites for hydroxylation is 1. The molecule has 0 atom stereocenters. The van der Waals surface area contributed by atoms with E-state index in [2.05, 4.69) is 15.8 Å². The highest BCUT2D eigenvalue weighted by molar-refractivity contribution is 6.39. The van der Waals surface area contributed by atoms with Crippen LogP contribution < -0.4 is 10.7 Å². The normalized spacial score (nSPS) is 14.7. The van der Waals surface area contributed by atoms with E-state index in [-0.39, 0.29) is 11.8 Å². The highest BCUT2D eigenvalue weighted by atomic mass is 16.2. The fourth-order valence-corrected chi connectivity index (χ4v) is 1.74. The summed E-state index contributed by atoms with van der Waals surface area (Å²) in [6.45, 7) is 2.47. The molecule has 0 aliphatic carbocycles. The quantitative estimate of drug-likeness (QED) is 0.829. The minimum Gasteiger partial charge on any atom is -0.347 e. The lowest BCUT2D eigenvalue weighted by atomic mass is 10.1. The number of amides is 2. The number of benzene rings is 1. The van der Waals surface area contributed by atoms with Crippen LogP contribution in [0.5, 0.6) is 0 Å². The maximum absolute atomic E-state index is 11.8. The third kappa shape index (κ3) is 3.16. The van der Waals surface area contributed by atoms with Crippen LogP contribution in [0.3, 0.4) is 0 Å². The van der Waals surface area contributed by atoms with Gasteiger partial charge in [-0.2, -0.15) is 5.10 Å². The van der Waals surface area contributed by atoms with Crippen molar-refractivity contribution in [1.82, 2.24) is 10.7 Å². The molecule has 2 amide bonds. The first-order valence-corrected chi connectivity index (χ1v) is 5.84. The molecule has 2 rings (SSSR count). The van der Waals surface area contributed by atoms with Crippen LogP contribution >= 0.6 is 0 Å². The number of carbonyl (C=O) groups is 2. The molecule has 0 saturated heterocycles. The fourth-order valence-electron chi connectivity index (χ4n) is 1.74. The Balaban J connectivity index is 1.91. The Kier molecular flexibility index (Phi) is 3.72. The summed E-state index contributed by atoms with van der Waals surface area (Å²) in [5.41, 5.74) is 4.89. The van der Waals surface area contributed by atoms with Crippen LogP contribution in [0.1, 0.15) is 24.0 Å². The molecule has 0 bridgehead atoms. The summed E-state index contributed by atoms with van der Waals surface area (Å²) in [7, 11) is 0. The average molecular weight is 245 g/mol. The summed E-state index contributed by atoms with van der Waals surface area (Å²) in [6, 6.07) is 7.93. The summed E-state index contributed by atoms with van der Waals surface area (Å²) in [4.78, 5) is 22.7. The first-order chi connectivity index (χ1) is 8.65. The van der Waals surface area contributed by atoms with Gasteiger partial charge in [-0.25, -0.2) is 5.43 Å². The molecule has 1 aromatic carbocycles. The number of rotatable bonds is 3.